The van der Waals surface area contributed by atoms with Crippen LogP contribution < -0.4 is 10.9 Å². The van der Waals surface area contributed by atoms with E-state index in [-0.39, 0.29) is 17.5 Å². The number of aromatic amines is 1. The highest BCUT2D eigenvalue weighted by atomic mass is 16.1. The number of aromatic nitrogens is 3. The maximum absolute atomic E-state index is 12.9. The summed E-state index contributed by atoms with van der Waals surface area (Å²) >= 11 is 0. The van der Waals surface area contributed by atoms with Crippen molar-refractivity contribution in [3.05, 3.63) is 57.6 Å². The molecule has 0 aliphatic heterocycles. The Balaban J connectivity index is 1.89. The summed E-state index contributed by atoms with van der Waals surface area (Å²) in [6.07, 6.45) is 4.36. The summed E-state index contributed by atoms with van der Waals surface area (Å²) in [7, 11) is 0. The first-order valence-electron chi connectivity index (χ1n) is 10.3. The highest BCUT2D eigenvalue weighted by Gasteiger charge is 2.15. The number of H-pyrrole nitrogens is 1. The molecule has 7 heteroatoms. The van der Waals surface area contributed by atoms with Crippen LogP contribution in [-0.2, 0) is 11.2 Å². The van der Waals surface area contributed by atoms with Gasteiger partial charge in [-0.25, -0.2) is 4.68 Å². The Morgan fingerprint density at radius 3 is 2.53 bits per heavy atom. The molecule has 30 heavy (non-hydrogen) atoms. The number of hydrogen-bond acceptors (Lipinski definition) is 4. The minimum absolute atomic E-state index is 0.00638. The summed E-state index contributed by atoms with van der Waals surface area (Å²) < 4.78 is 1.49. The van der Waals surface area contributed by atoms with Crippen LogP contribution in [0.4, 0.5) is 0 Å². The SMILES string of the molecule is CC(C)NC(=O)CCCc1ncc2c(=O)n(-c3ccc(C(C)C)cc3)[nH]c2c1C=N. The molecule has 3 aromatic rings. The van der Waals surface area contributed by atoms with Gasteiger partial charge in [0.2, 0.25) is 5.91 Å². The number of benzene rings is 1. The molecule has 0 spiro atoms. The first-order chi connectivity index (χ1) is 14.3. The normalized spacial score (nSPS) is 11.4. The molecule has 2 heterocycles. The summed E-state index contributed by atoms with van der Waals surface area (Å²) in [6.45, 7) is 8.11. The lowest BCUT2D eigenvalue weighted by atomic mass is 10.0. The topological polar surface area (TPSA) is 104 Å². The number of amides is 1. The number of nitrogens with zero attached hydrogens (tertiary/aromatic N) is 2. The Morgan fingerprint density at radius 2 is 1.93 bits per heavy atom. The molecule has 0 unspecified atom stereocenters. The lowest BCUT2D eigenvalue weighted by Gasteiger charge is -2.09. The van der Waals surface area contributed by atoms with E-state index < -0.39 is 0 Å². The van der Waals surface area contributed by atoms with E-state index in [0.717, 1.165) is 5.69 Å². The van der Waals surface area contributed by atoms with Gasteiger partial charge in [-0.1, -0.05) is 26.0 Å². The lowest BCUT2D eigenvalue weighted by molar-refractivity contribution is -0.121. The number of nitrogens with one attached hydrogen (secondary N) is 3. The molecule has 0 aliphatic rings. The van der Waals surface area contributed by atoms with Crippen molar-refractivity contribution in [3.63, 3.8) is 0 Å². The molecule has 0 atom stereocenters. The Labute approximate surface area is 176 Å². The van der Waals surface area contributed by atoms with E-state index in [1.165, 1.54) is 16.5 Å². The van der Waals surface area contributed by atoms with Gasteiger partial charge in [-0.3, -0.25) is 19.7 Å². The lowest BCUT2D eigenvalue weighted by Crippen LogP contribution is -2.29. The highest BCUT2D eigenvalue weighted by molar-refractivity contribution is 5.97. The van der Waals surface area contributed by atoms with Gasteiger partial charge >= 0.3 is 0 Å². The zero-order valence-electron chi connectivity index (χ0n) is 18.0. The smallest absolute Gasteiger partial charge is 0.280 e. The molecular formula is C23H29N5O2. The number of pyridine rings is 1. The number of rotatable bonds is 8. The van der Waals surface area contributed by atoms with Gasteiger partial charge in [0.1, 0.15) is 0 Å². The molecule has 3 rings (SSSR count). The van der Waals surface area contributed by atoms with Crippen LogP contribution in [0.25, 0.3) is 16.6 Å². The standard InChI is InChI=1S/C23H29N5O2/c1-14(2)16-8-10-17(11-9-16)28-23(30)19-13-25-20(18(12-24)22(19)27-28)6-5-7-21(29)26-15(3)4/h8-15,24,27H,5-7H2,1-4H3,(H,26,29). The predicted octanol–water partition coefficient (Wildman–Crippen LogP) is 3.68. The second kappa shape index (κ2) is 9.07. The molecule has 0 bridgehead atoms. The van der Waals surface area contributed by atoms with Gasteiger partial charge in [0, 0.05) is 30.4 Å². The van der Waals surface area contributed by atoms with Crippen molar-refractivity contribution < 1.29 is 4.79 Å². The van der Waals surface area contributed by atoms with Crippen LogP contribution >= 0.6 is 0 Å². The average Bonchev–Trinajstić information content (AvgIpc) is 3.04. The van der Waals surface area contributed by atoms with Gasteiger partial charge in [0.25, 0.3) is 5.56 Å². The average molecular weight is 408 g/mol. The Morgan fingerprint density at radius 1 is 1.23 bits per heavy atom. The van der Waals surface area contributed by atoms with Crippen LogP contribution in [0.2, 0.25) is 0 Å². The van der Waals surface area contributed by atoms with E-state index in [1.807, 2.05) is 38.1 Å². The maximum atomic E-state index is 12.9. The van der Waals surface area contributed by atoms with Gasteiger partial charge in [0.05, 0.1) is 22.3 Å². The zero-order chi connectivity index (χ0) is 21.8. The molecule has 0 radical (unpaired) electrons. The number of fused-ring (bicyclic) bond motifs is 1. The molecule has 0 aliphatic carbocycles. The zero-order valence-corrected chi connectivity index (χ0v) is 18.0. The van der Waals surface area contributed by atoms with Crippen LogP contribution in [-0.4, -0.2) is 32.9 Å². The van der Waals surface area contributed by atoms with Crippen molar-refractivity contribution in [1.82, 2.24) is 20.1 Å². The van der Waals surface area contributed by atoms with E-state index in [2.05, 4.69) is 29.2 Å². The first-order valence-corrected chi connectivity index (χ1v) is 10.3. The molecular weight excluding hydrogens is 378 g/mol. The fourth-order valence-corrected chi connectivity index (χ4v) is 3.49. The predicted molar refractivity (Wildman–Crippen MR) is 120 cm³/mol. The van der Waals surface area contributed by atoms with E-state index >= 15 is 0 Å². The molecule has 1 amide bonds. The minimum atomic E-state index is -0.194. The summed E-state index contributed by atoms with van der Waals surface area (Å²) in [5.74, 6) is 0.421. The monoisotopic (exact) mass is 407 g/mol. The summed E-state index contributed by atoms with van der Waals surface area (Å²) in [4.78, 5) is 29.2. The second-order valence-corrected chi connectivity index (χ2v) is 8.13. The largest absolute Gasteiger partial charge is 0.354 e. The van der Waals surface area contributed by atoms with Crippen LogP contribution in [0.3, 0.4) is 0 Å². The van der Waals surface area contributed by atoms with E-state index in [0.29, 0.717) is 47.3 Å². The van der Waals surface area contributed by atoms with Gasteiger partial charge in [-0.2, -0.15) is 0 Å². The van der Waals surface area contributed by atoms with Crippen molar-refractivity contribution in [2.24, 2.45) is 0 Å². The summed E-state index contributed by atoms with van der Waals surface area (Å²) in [6, 6.07) is 7.97. The van der Waals surface area contributed by atoms with Crippen molar-refractivity contribution in [1.29, 1.82) is 5.41 Å². The molecule has 1 aromatic carbocycles. The van der Waals surface area contributed by atoms with Gasteiger partial charge < -0.3 is 10.7 Å². The first kappa shape index (κ1) is 21.5. The van der Waals surface area contributed by atoms with Crippen molar-refractivity contribution in [3.8, 4) is 5.69 Å². The van der Waals surface area contributed by atoms with Crippen LogP contribution in [0.5, 0.6) is 0 Å². The van der Waals surface area contributed by atoms with Gasteiger partial charge in [-0.15, -0.1) is 0 Å². The Hall–Kier alpha value is -3.22. The van der Waals surface area contributed by atoms with Crippen LogP contribution in [0, 0.1) is 5.41 Å². The molecule has 7 nitrogen and oxygen atoms in total. The highest BCUT2D eigenvalue weighted by Crippen LogP contribution is 2.20. The van der Waals surface area contributed by atoms with E-state index in [4.69, 9.17) is 5.41 Å². The Kier molecular flexibility index (Phi) is 6.50. The number of hydrogen-bond donors (Lipinski definition) is 3. The molecule has 158 valence electrons. The summed E-state index contributed by atoms with van der Waals surface area (Å²) in [5.41, 5.74) is 3.64. The molecule has 3 N–H and O–H groups in total. The quantitative estimate of drug-likeness (QED) is 0.496. The maximum Gasteiger partial charge on any atom is 0.280 e. The summed E-state index contributed by atoms with van der Waals surface area (Å²) in [5, 5.41) is 14.3. The van der Waals surface area contributed by atoms with Crippen LogP contribution in [0.15, 0.2) is 35.3 Å². The van der Waals surface area contributed by atoms with Crippen molar-refractivity contribution in [2.75, 3.05) is 0 Å². The molecule has 2 aromatic heterocycles. The molecule has 0 saturated heterocycles. The second-order valence-electron chi connectivity index (χ2n) is 8.13. The minimum Gasteiger partial charge on any atom is -0.354 e. The van der Waals surface area contributed by atoms with Crippen molar-refractivity contribution >= 4 is 23.0 Å². The van der Waals surface area contributed by atoms with Crippen LogP contribution in [0.1, 0.15) is 63.3 Å². The van der Waals surface area contributed by atoms with Gasteiger partial charge in [-0.05, 0) is 50.3 Å². The number of carbonyl (C=O) groups excluding carboxylic acids is 1. The third-order valence-corrected chi connectivity index (χ3v) is 5.09. The molecule has 0 fully saturated rings. The Bertz CT molecular complexity index is 1110. The number of carbonyl (C=O) groups is 1. The van der Waals surface area contributed by atoms with E-state index in [1.54, 1.807) is 6.20 Å². The van der Waals surface area contributed by atoms with Gasteiger partial charge in [0.15, 0.2) is 0 Å². The third-order valence-electron chi connectivity index (χ3n) is 5.09. The number of aryl methyl sites for hydroxylation is 1. The third kappa shape index (κ3) is 4.50. The fourth-order valence-electron chi connectivity index (χ4n) is 3.49. The fraction of sp³-hybridized carbons (Fsp3) is 0.391. The van der Waals surface area contributed by atoms with E-state index in [9.17, 15) is 9.59 Å². The molecule has 0 saturated carbocycles. The van der Waals surface area contributed by atoms with Crippen molar-refractivity contribution in [2.45, 2.75) is 58.9 Å².